The number of pyridine rings is 1. The number of anilines is 1. The van der Waals surface area contributed by atoms with Gasteiger partial charge in [-0.1, -0.05) is 48.5 Å². The lowest BCUT2D eigenvalue weighted by Gasteiger charge is -2.34. The van der Waals surface area contributed by atoms with Gasteiger partial charge < -0.3 is 5.32 Å². The molecule has 0 bridgehead atoms. The number of carbonyl (C=O) groups is 2. The van der Waals surface area contributed by atoms with Crippen LogP contribution in [0, 0.1) is 0 Å². The number of fused-ring (bicyclic) bond motifs is 1. The van der Waals surface area contributed by atoms with Crippen LogP contribution < -0.4 is 10.2 Å². The zero-order valence-electron chi connectivity index (χ0n) is 19.5. The van der Waals surface area contributed by atoms with E-state index in [2.05, 4.69) is 20.6 Å². The van der Waals surface area contributed by atoms with Gasteiger partial charge in [-0.3, -0.25) is 19.5 Å². The molecule has 0 aliphatic heterocycles. The number of benzene rings is 2. The maximum Gasteiger partial charge on any atom is 0.249 e. The summed E-state index contributed by atoms with van der Waals surface area (Å²) in [5, 5.41) is 11.4. The lowest BCUT2D eigenvalue weighted by atomic mass is 9.99. The number of hydrogen-bond acceptors (Lipinski definition) is 5. The van der Waals surface area contributed by atoms with Gasteiger partial charge in [0.2, 0.25) is 11.8 Å². The highest BCUT2D eigenvalue weighted by atomic mass is 16.2. The molecule has 0 saturated carbocycles. The van der Waals surface area contributed by atoms with Crippen molar-refractivity contribution in [2.45, 2.75) is 45.3 Å². The summed E-state index contributed by atoms with van der Waals surface area (Å²) in [5.74, 6) is -0.569. The van der Waals surface area contributed by atoms with E-state index in [-0.39, 0.29) is 18.4 Å². The minimum absolute atomic E-state index is 0.0728. The molecule has 2 aromatic heterocycles. The number of rotatable bonds is 8. The van der Waals surface area contributed by atoms with Crippen LogP contribution in [0.1, 0.15) is 38.8 Å². The molecule has 2 amide bonds. The zero-order valence-corrected chi connectivity index (χ0v) is 19.5. The third kappa shape index (κ3) is 4.96. The van der Waals surface area contributed by atoms with Crippen LogP contribution in [0.15, 0.2) is 79.1 Å². The van der Waals surface area contributed by atoms with Gasteiger partial charge in [0.15, 0.2) is 0 Å². The molecule has 0 spiro atoms. The predicted molar refractivity (Wildman–Crippen MR) is 131 cm³/mol. The summed E-state index contributed by atoms with van der Waals surface area (Å²) in [4.78, 5) is 33.3. The maximum absolute atomic E-state index is 13.8. The molecule has 8 heteroatoms. The number of nitrogens with zero attached hydrogens (tertiary/aromatic N) is 5. The van der Waals surface area contributed by atoms with Crippen LogP contribution in [-0.2, 0) is 16.1 Å². The first-order chi connectivity index (χ1) is 16.4. The highest BCUT2D eigenvalue weighted by Crippen LogP contribution is 2.29. The van der Waals surface area contributed by atoms with Crippen LogP contribution in [0.4, 0.5) is 5.69 Å². The summed E-state index contributed by atoms with van der Waals surface area (Å²) in [6, 6.07) is 19.3. The number of amides is 2. The van der Waals surface area contributed by atoms with Crippen molar-refractivity contribution in [3.05, 3.63) is 84.7 Å². The zero-order chi connectivity index (χ0) is 24.1. The first-order valence-corrected chi connectivity index (χ1v) is 11.3. The van der Waals surface area contributed by atoms with Gasteiger partial charge in [-0.05, 0) is 50.6 Å². The molecule has 1 N–H and O–H groups in total. The third-order valence-corrected chi connectivity index (χ3v) is 5.86. The smallest absolute Gasteiger partial charge is 0.249 e. The quantitative estimate of drug-likeness (QED) is 0.434. The Labute approximate surface area is 198 Å². The van der Waals surface area contributed by atoms with Crippen molar-refractivity contribution in [2.75, 3.05) is 4.90 Å². The van der Waals surface area contributed by atoms with Gasteiger partial charge in [0.25, 0.3) is 0 Å². The molecule has 2 aromatic carbocycles. The molecule has 174 valence electrons. The van der Waals surface area contributed by atoms with E-state index in [1.165, 1.54) is 4.90 Å². The highest BCUT2D eigenvalue weighted by molar-refractivity contribution is 6.01. The first kappa shape index (κ1) is 23.1. The Morgan fingerprint density at radius 3 is 2.47 bits per heavy atom. The van der Waals surface area contributed by atoms with E-state index in [4.69, 9.17) is 0 Å². The molecule has 4 aromatic rings. The van der Waals surface area contributed by atoms with Crippen LogP contribution in [0.2, 0.25) is 0 Å². The average Bonchev–Trinajstić information content (AvgIpc) is 3.25. The fraction of sp³-hybridized carbons (Fsp3) is 0.269. The minimum atomic E-state index is -0.913. The van der Waals surface area contributed by atoms with Crippen LogP contribution in [-0.4, -0.2) is 37.3 Å². The Bertz CT molecular complexity index is 1270. The van der Waals surface area contributed by atoms with E-state index in [0.717, 1.165) is 11.9 Å². The molecule has 0 saturated heterocycles. The summed E-state index contributed by atoms with van der Waals surface area (Å²) in [6.07, 6.45) is 4.00. The van der Waals surface area contributed by atoms with Crippen molar-refractivity contribution in [3.8, 4) is 0 Å². The Morgan fingerprint density at radius 2 is 1.76 bits per heavy atom. The lowest BCUT2D eigenvalue weighted by molar-refractivity contribution is -0.128. The Kier molecular flexibility index (Phi) is 6.67. The van der Waals surface area contributed by atoms with Crippen molar-refractivity contribution >= 4 is 28.5 Å². The fourth-order valence-corrected chi connectivity index (χ4v) is 3.71. The van der Waals surface area contributed by atoms with Gasteiger partial charge in [0.1, 0.15) is 18.1 Å². The molecule has 8 nitrogen and oxygen atoms in total. The van der Waals surface area contributed by atoms with Gasteiger partial charge in [0, 0.05) is 29.2 Å². The average molecular weight is 457 g/mol. The number of nitrogens with one attached hydrogen (secondary N) is 1. The Morgan fingerprint density at radius 1 is 1.03 bits per heavy atom. The molecule has 0 radical (unpaired) electrons. The van der Waals surface area contributed by atoms with Gasteiger partial charge in [-0.2, -0.15) is 0 Å². The molecule has 34 heavy (non-hydrogen) atoms. The SMILES string of the molecule is CCC(C)(C)NC(=O)[C@@H](c1cccnc1)N(C(=O)Cn1nnc2ccccc21)c1ccccc1. The maximum atomic E-state index is 13.8. The second kappa shape index (κ2) is 9.82. The molecular weight excluding hydrogens is 428 g/mol. The van der Waals surface area contributed by atoms with Gasteiger partial charge in [0.05, 0.1) is 5.52 Å². The second-order valence-electron chi connectivity index (χ2n) is 8.75. The van der Waals surface area contributed by atoms with Crippen LogP contribution >= 0.6 is 0 Å². The fourth-order valence-electron chi connectivity index (χ4n) is 3.71. The summed E-state index contributed by atoms with van der Waals surface area (Å²) >= 11 is 0. The van der Waals surface area contributed by atoms with E-state index < -0.39 is 11.6 Å². The lowest BCUT2D eigenvalue weighted by Crippen LogP contribution is -2.51. The van der Waals surface area contributed by atoms with Crippen LogP contribution in [0.25, 0.3) is 11.0 Å². The van der Waals surface area contributed by atoms with Crippen molar-refractivity contribution < 1.29 is 9.59 Å². The highest BCUT2D eigenvalue weighted by Gasteiger charge is 2.35. The van der Waals surface area contributed by atoms with Gasteiger partial charge in [-0.15, -0.1) is 5.10 Å². The first-order valence-electron chi connectivity index (χ1n) is 11.3. The monoisotopic (exact) mass is 456 g/mol. The molecule has 0 fully saturated rings. The molecule has 0 unspecified atom stereocenters. The minimum Gasteiger partial charge on any atom is -0.349 e. The standard InChI is InChI=1S/C26H28N6O2/c1-4-26(2,3)28-25(34)24(19-11-10-16-27-17-19)32(20-12-6-5-7-13-20)23(33)18-31-22-15-9-8-14-21(22)29-30-31/h5-17,24H,4,18H2,1-3H3,(H,28,34)/t24-/m1/s1. The number of hydrogen-bond donors (Lipinski definition) is 1. The van der Waals surface area contributed by atoms with E-state index in [9.17, 15) is 9.59 Å². The van der Waals surface area contributed by atoms with E-state index in [1.807, 2.05) is 81.4 Å². The number of aromatic nitrogens is 4. The summed E-state index contributed by atoms with van der Waals surface area (Å²) < 4.78 is 1.56. The van der Waals surface area contributed by atoms with Crippen LogP contribution in [0.3, 0.4) is 0 Å². The summed E-state index contributed by atoms with van der Waals surface area (Å²) in [6.45, 7) is 5.86. The molecular formula is C26H28N6O2. The Balaban J connectivity index is 1.78. The molecule has 0 aliphatic carbocycles. The van der Waals surface area contributed by atoms with Crippen molar-refractivity contribution in [1.29, 1.82) is 0 Å². The van der Waals surface area contributed by atoms with Crippen molar-refractivity contribution in [3.63, 3.8) is 0 Å². The normalized spacial score (nSPS) is 12.3. The molecule has 0 aliphatic rings. The predicted octanol–water partition coefficient (Wildman–Crippen LogP) is 3.91. The van der Waals surface area contributed by atoms with Crippen LogP contribution in [0.5, 0.6) is 0 Å². The van der Waals surface area contributed by atoms with E-state index >= 15 is 0 Å². The Hall–Kier alpha value is -4.07. The largest absolute Gasteiger partial charge is 0.349 e. The van der Waals surface area contributed by atoms with E-state index in [1.54, 1.807) is 23.1 Å². The molecule has 1 atom stereocenters. The number of para-hydroxylation sites is 2. The number of carbonyl (C=O) groups excluding carboxylic acids is 2. The second-order valence-corrected chi connectivity index (χ2v) is 8.75. The van der Waals surface area contributed by atoms with Gasteiger partial charge >= 0.3 is 0 Å². The third-order valence-electron chi connectivity index (χ3n) is 5.86. The molecule has 4 rings (SSSR count). The van der Waals surface area contributed by atoms with E-state index in [0.29, 0.717) is 16.8 Å². The van der Waals surface area contributed by atoms with Gasteiger partial charge in [-0.25, -0.2) is 4.68 Å². The van der Waals surface area contributed by atoms with Crippen molar-refractivity contribution in [1.82, 2.24) is 25.3 Å². The molecule has 2 heterocycles. The van der Waals surface area contributed by atoms with Crippen molar-refractivity contribution in [2.24, 2.45) is 0 Å². The topological polar surface area (TPSA) is 93.0 Å². The summed E-state index contributed by atoms with van der Waals surface area (Å²) in [5.41, 5.74) is 2.24. The summed E-state index contributed by atoms with van der Waals surface area (Å²) in [7, 11) is 0.